The van der Waals surface area contributed by atoms with Gasteiger partial charge in [0.2, 0.25) is 0 Å². The summed E-state index contributed by atoms with van der Waals surface area (Å²) in [4.78, 5) is 12.0. The van der Waals surface area contributed by atoms with Crippen molar-refractivity contribution >= 4 is 11.6 Å². The second kappa shape index (κ2) is 5.77. The number of nitrogen functional groups attached to an aromatic ring is 1. The predicted octanol–water partition coefficient (Wildman–Crippen LogP) is 0.636. The zero-order valence-electron chi connectivity index (χ0n) is 12.1. The molecule has 7 heteroatoms. The number of rotatable bonds is 5. The lowest BCUT2D eigenvalue weighted by Crippen LogP contribution is -2.28. The van der Waals surface area contributed by atoms with Crippen LogP contribution in [0, 0.1) is 13.8 Å². The van der Waals surface area contributed by atoms with Crippen LogP contribution in [0.3, 0.4) is 0 Å². The zero-order chi connectivity index (χ0) is 14.7. The predicted molar refractivity (Wildman–Crippen MR) is 76.3 cm³/mol. The molecule has 2 aromatic heterocycles. The van der Waals surface area contributed by atoms with E-state index < -0.39 is 0 Å². The molecule has 0 unspecified atom stereocenters. The molecule has 0 fully saturated rings. The van der Waals surface area contributed by atoms with E-state index in [0.717, 1.165) is 24.4 Å². The van der Waals surface area contributed by atoms with E-state index in [2.05, 4.69) is 15.5 Å². The van der Waals surface area contributed by atoms with Crippen LogP contribution in [0.1, 0.15) is 28.3 Å². The molecule has 0 aliphatic carbocycles. The summed E-state index contributed by atoms with van der Waals surface area (Å²) in [6.45, 7) is 5.34. The Morgan fingerprint density at radius 1 is 1.45 bits per heavy atom. The lowest BCUT2D eigenvalue weighted by atomic mass is 10.3. The summed E-state index contributed by atoms with van der Waals surface area (Å²) in [7, 11) is 1.70. The number of carbonyl (C=O) groups excluding carboxylic acids is 1. The molecular weight excluding hydrogens is 256 g/mol. The van der Waals surface area contributed by atoms with E-state index in [1.54, 1.807) is 7.05 Å². The second-order valence-corrected chi connectivity index (χ2v) is 4.83. The molecule has 108 valence electrons. The molecule has 0 saturated heterocycles. The van der Waals surface area contributed by atoms with Crippen LogP contribution in [0.25, 0.3) is 0 Å². The summed E-state index contributed by atoms with van der Waals surface area (Å²) >= 11 is 0. The number of amides is 1. The van der Waals surface area contributed by atoms with Gasteiger partial charge in [0.05, 0.1) is 17.6 Å². The van der Waals surface area contributed by atoms with Crippen LogP contribution in [-0.2, 0) is 13.6 Å². The number of hydrogen-bond acceptors (Lipinski definition) is 4. The van der Waals surface area contributed by atoms with E-state index in [9.17, 15) is 4.79 Å². The third-order valence-corrected chi connectivity index (χ3v) is 3.12. The third kappa shape index (κ3) is 2.98. The fraction of sp³-hybridized carbons (Fsp3) is 0.462. The van der Waals surface area contributed by atoms with Gasteiger partial charge in [0.1, 0.15) is 5.69 Å². The van der Waals surface area contributed by atoms with E-state index in [-0.39, 0.29) is 5.91 Å². The molecule has 0 aliphatic rings. The van der Waals surface area contributed by atoms with E-state index in [1.165, 1.54) is 10.9 Å². The minimum atomic E-state index is -0.198. The van der Waals surface area contributed by atoms with Gasteiger partial charge in [-0.3, -0.25) is 14.2 Å². The first-order valence-corrected chi connectivity index (χ1v) is 6.55. The Balaban J connectivity index is 1.82. The number of nitrogens with one attached hydrogen (secondary N) is 1. The van der Waals surface area contributed by atoms with E-state index in [4.69, 9.17) is 5.73 Å². The number of nitrogens with two attached hydrogens (primary N) is 1. The Hall–Kier alpha value is -2.31. The van der Waals surface area contributed by atoms with Crippen molar-refractivity contribution in [3.05, 3.63) is 29.3 Å². The minimum absolute atomic E-state index is 0.198. The molecule has 7 nitrogen and oxygen atoms in total. The van der Waals surface area contributed by atoms with Crippen molar-refractivity contribution < 1.29 is 4.79 Å². The Morgan fingerprint density at radius 2 is 2.20 bits per heavy atom. The van der Waals surface area contributed by atoms with Crippen molar-refractivity contribution in [2.24, 2.45) is 7.05 Å². The highest BCUT2D eigenvalue weighted by Gasteiger charge is 2.13. The Bertz CT molecular complexity index is 593. The molecule has 2 rings (SSSR count). The van der Waals surface area contributed by atoms with Crippen molar-refractivity contribution in [1.82, 2.24) is 24.9 Å². The number of nitrogens with zero attached hydrogens (tertiary/aromatic N) is 4. The highest BCUT2D eigenvalue weighted by Crippen LogP contribution is 2.08. The molecule has 0 aromatic carbocycles. The van der Waals surface area contributed by atoms with Gasteiger partial charge >= 0.3 is 0 Å². The SMILES string of the molecule is Cc1cc(C)n(CCCNC(=O)c2c(N)cnn2C)n1. The van der Waals surface area contributed by atoms with Crippen LogP contribution in [0.4, 0.5) is 5.69 Å². The summed E-state index contributed by atoms with van der Waals surface area (Å²) in [6, 6.07) is 2.04. The number of aromatic nitrogens is 4. The number of carbonyl (C=O) groups is 1. The van der Waals surface area contributed by atoms with Gasteiger partial charge in [-0.2, -0.15) is 10.2 Å². The van der Waals surface area contributed by atoms with Crippen LogP contribution >= 0.6 is 0 Å². The van der Waals surface area contributed by atoms with Crippen molar-refractivity contribution in [3.63, 3.8) is 0 Å². The summed E-state index contributed by atoms with van der Waals surface area (Å²) in [5.74, 6) is -0.198. The van der Waals surface area contributed by atoms with Crippen LogP contribution < -0.4 is 11.1 Å². The van der Waals surface area contributed by atoms with Crippen LogP contribution in [0.5, 0.6) is 0 Å². The zero-order valence-corrected chi connectivity index (χ0v) is 12.1. The summed E-state index contributed by atoms with van der Waals surface area (Å²) in [6.07, 6.45) is 2.29. The highest BCUT2D eigenvalue weighted by molar-refractivity contribution is 5.97. The molecule has 0 saturated carbocycles. The van der Waals surface area contributed by atoms with E-state index in [1.807, 2.05) is 24.6 Å². The van der Waals surface area contributed by atoms with Crippen molar-refractivity contribution in [2.45, 2.75) is 26.8 Å². The van der Waals surface area contributed by atoms with Crippen LogP contribution in [0.15, 0.2) is 12.3 Å². The number of hydrogen-bond donors (Lipinski definition) is 2. The van der Waals surface area contributed by atoms with Gasteiger partial charge in [0, 0.05) is 25.8 Å². The summed E-state index contributed by atoms with van der Waals surface area (Å²) in [5.41, 5.74) is 8.63. The maximum atomic E-state index is 12.0. The Morgan fingerprint density at radius 3 is 2.75 bits per heavy atom. The fourth-order valence-corrected chi connectivity index (χ4v) is 2.15. The van der Waals surface area contributed by atoms with E-state index >= 15 is 0 Å². The Kier molecular flexibility index (Phi) is 4.07. The Labute approximate surface area is 117 Å². The topological polar surface area (TPSA) is 90.8 Å². The van der Waals surface area contributed by atoms with Gasteiger partial charge in [0.15, 0.2) is 0 Å². The lowest BCUT2D eigenvalue weighted by molar-refractivity contribution is 0.0944. The van der Waals surface area contributed by atoms with Crippen molar-refractivity contribution in [1.29, 1.82) is 0 Å². The summed E-state index contributed by atoms with van der Waals surface area (Å²) < 4.78 is 3.42. The molecule has 0 radical (unpaired) electrons. The average Bonchev–Trinajstić information content (AvgIpc) is 2.87. The maximum absolute atomic E-state index is 12.0. The smallest absolute Gasteiger partial charge is 0.271 e. The molecule has 0 bridgehead atoms. The van der Waals surface area contributed by atoms with Gasteiger partial charge in [-0.1, -0.05) is 0 Å². The molecule has 1 amide bonds. The first-order chi connectivity index (χ1) is 9.49. The monoisotopic (exact) mass is 276 g/mol. The fourth-order valence-electron chi connectivity index (χ4n) is 2.15. The molecule has 2 heterocycles. The van der Waals surface area contributed by atoms with Gasteiger partial charge in [-0.05, 0) is 26.3 Å². The van der Waals surface area contributed by atoms with Gasteiger partial charge < -0.3 is 11.1 Å². The molecule has 20 heavy (non-hydrogen) atoms. The van der Waals surface area contributed by atoms with Crippen molar-refractivity contribution in [2.75, 3.05) is 12.3 Å². The summed E-state index contributed by atoms with van der Waals surface area (Å²) in [5, 5.41) is 11.2. The largest absolute Gasteiger partial charge is 0.396 e. The lowest BCUT2D eigenvalue weighted by Gasteiger charge is -2.07. The van der Waals surface area contributed by atoms with Crippen molar-refractivity contribution in [3.8, 4) is 0 Å². The first-order valence-electron chi connectivity index (χ1n) is 6.55. The standard InChI is InChI=1S/C13H20N6O/c1-9-7-10(2)19(17-9)6-4-5-15-13(20)12-11(14)8-16-18(12)3/h7-8H,4-6,14H2,1-3H3,(H,15,20). The second-order valence-electron chi connectivity index (χ2n) is 4.83. The third-order valence-electron chi connectivity index (χ3n) is 3.12. The minimum Gasteiger partial charge on any atom is -0.396 e. The maximum Gasteiger partial charge on any atom is 0.271 e. The van der Waals surface area contributed by atoms with Gasteiger partial charge in [0.25, 0.3) is 5.91 Å². The quantitative estimate of drug-likeness (QED) is 0.784. The molecule has 3 N–H and O–H groups in total. The van der Waals surface area contributed by atoms with Crippen LogP contribution in [0.2, 0.25) is 0 Å². The molecule has 0 spiro atoms. The normalized spacial score (nSPS) is 10.8. The number of anilines is 1. The first kappa shape index (κ1) is 14.1. The number of aryl methyl sites for hydroxylation is 4. The molecule has 0 atom stereocenters. The highest BCUT2D eigenvalue weighted by atomic mass is 16.2. The average molecular weight is 276 g/mol. The molecule has 2 aromatic rings. The molecular formula is C13H20N6O. The van der Waals surface area contributed by atoms with Crippen LogP contribution in [-0.4, -0.2) is 32.0 Å². The van der Waals surface area contributed by atoms with E-state index in [0.29, 0.717) is 17.9 Å². The van der Waals surface area contributed by atoms with Gasteiger partial charge in [-0.25, -0.2) is 0 Å². The molecule has 0 aliphatic heterocycles. The van der Waals surface area contributed by atoms with Gasteiger partial charge in [-0.15, -0.1) is 0 Å².